The van der Waals surface area contributed by atoms with Crippen LogP contribution in [0.25, 0.3) is 0 Å². The van der Waals surface area contributed by atoms with Crippen LogP contribution < -0.4 is 0 Å². The Balaban J connectivity index is 4.26. The van der Waals surface area contributed by atoms with Gasteiger partial charge in [0, 0.05) is 26.7 Å². The van der Waals surface area contributed by atoms with E-state index >= 15 is 0 Å². The van der Waals surface area contributed by atoms with Crippen LogP contribution >= 0.6 is 0 Å². The van der Waals surface area contributed by atoms with Crippen LogP contribution in [0.3, 0.4) is 0 Å². The molecule has 100 valence electrons. The lowest BCUT2D eigenvalue weighted by Crippen LogP contribution is -2.43. The van der Waals surface area contributed by atoms with E-state index in [-0.39, 0.29) is 19.0 Å². The lowest BCUT2D eigenvalue weighted by molar-refractivity contribution is -0.137. The van der Waals surface area contributed by atoms with Gasteiger partial charge < -0.3 is 14.9 Å². The van der Waals surface area contributed by atoms with Gasteiger partial charge in [-0.25, -0.2) is 4.79 Å². The Bertz CT molecular complexity index is 256. The number of carbonyl (C=O) groups is 2. The number of hydrogen-bond donors (Lipinski definition) is 1. The van der Waals surface area contributed by atoms with E-state index in [0.29, 0.717) is 19.0 Å². The van der Waals surface area contributed by atoms with Crippen molar-refractivity contribution in [2.75, 3.05) is 26.7 Å². The monoisotopic (exact) mass is 244 g/mol. The van der Waals surface area contributed by atoms with Crippen LogP contribution in [0.4, 0.5) is 4.79 Å². The zero-order chi connectivity index (χ0) is 13.4. The molecule has 0 aliphatic rings. The van der Waals surface area contributed by atoms with Gasteiger partial charge in [-0.2, -0.15) is 0 Å². The molecular formula is C12H24N2O3. The van der Waals surface area contributed by atoms with Gasteiger partial charge in [0.05, 0.1) is 6.42 Å². The zero-order valence-electron chi connectivity index (χ0n) is 11.3. The zero-order valence-corrected chi connectivity index (χ0v) is 11.3. The first-order valence-corrected chi connectivity index (χ1v) is 6.14. The molecule has 1 unspecified atom stereocenters. The average Bonchev–Trinajstić information content (AvgIpc) is 2.28. The smallest absolute Gasteiger partial charge is 0.319 e. The minimum Gasteiger partial charge on any atom is -0.481 e. The molecule has 0 radical (unpaired) electrons. The van der Waals surface area contributed by atoms with Gasteiger partial charge in [0.1, 0.15) is 0 Å². The summed E-state index contributed by atoms with van der Waals surface area (Å²) >= 11 is 0. The molecule has 1 N–H and O–H groups in total. The van der Waals surface area contributed by atoms with Crippen molar-refractivity contribution in [3.05, 3.63) is 0 Å². The highest BCUT2D eigenvalue weighted by molar-refractivity contribution is 5.75. The summed E-state index contributed by atoms with van der Waals surface area (Å²) in [5.74, 6) is -0.414. The Labute approximate surface area is 103 Å². The first-order valence-electron chi connectivity index (χ1n) is 6.14. The number of amides is 2. The van der Waals surface area contributed by atoms with Crippen LogP contribution in [0.5, 0.6) is 0 Å². The fourth-order valence-corrected chi connectivity index (χ4v) is 1.54. The fraction of sp³-hybridized carbons (Fsp3) is 0.833. The maximum absolute atomic E-state index is 12.0. The van der Waals surface area contributed by atoms with E-state index in [4.69, 9.17) is 5.11 Å². The topological polar surface area (TPSA) is 60.9 Å². The molecule has 0 fully saturated rings. The molecule has 0 aliphatic heterocycles. The summed E-state index contributed by atoms with van der Waals surface area (Å²) in [5, 5.41) is 8.61. The van der Waals surface area contributed by atoms with Gasteiger partial charge in [-0.1, -0.05) is 20.3 Å². The molecule has 1 atom stereocenters. The maximum atomic E-state index is 12.0. The van der Waals surface area contributed by atoms with Crippen LogP contribution in [0.15, 0.2) is 0 Å². The minimum absolute atomic E-state index is 0.00322. The quantitative estimate of drug-likeness (QED) is 0.744. The van der Waals surface area contributed by atoms with E-state index in [0.717, 1.165) is 6.42 Å². The second kappa shape index (κ2) is 7.92. The summed E-state index contributed by atoms with van der Waals surface area (Å²) in [6.07, 6.45) is 1.02. The molecule has 2 amide bonds. The number of urea groups is 1. The molecule has 0 aromatic heterocycles. The number of hydrogen-bond acceptors (Lipinski definition) is 2. The summed E-state index contributed by atoms with van der Waals surface area (Å²) in [4.78, 5) is 25.7. The molecule has 5 heteroatoms. The standard InChI is InChI=1S/C12H24N2O3/c1-5-10(3)9-13(4)12(17)14(6-2)8-7-11(15)16/h10H,5-9H2,1-4H3,(H,15,16). The van der Waals surface area contributed by atoms with Gasteiger partial charge in [-0.3, -0.25) is 4.79 Å². The van der Waals surface area contributed by atoms with E-state index in [2.05, 4.69) is 13.8 Å². The van der Waals surface area contributed by atoms with Crippen molar-refractivity contribution < 1.29 is 14.7 Å². The maximum Gasteiger partial charge on any atom is 0.319 e. The molecule has 17 heavy (non-hydrogen) atoms. The normalized spacial score (nSPS) is 12.0. The van der Waals surface area contributed by atoms with Gasteiger partial charge in [0.15, 0.2) is 0 Å². The molecular weight excluding hydrogens is 220 g/mol. The summed E-state index contributed by atoms with van der Waals surface area (Å²) in [7, 11) is 1.76. The van der Waals surface area contributed by atoms with Crippen molar-refractivity contribution in [2.24, 2.45) is 5.92 Å². The molecule has 0 heterocycles. The average molecular weight is 244 g/mol. The largest absolute Gasteiger partial charge is 0.481 e. The molecule has 0 rings (SSSR count). The number of carboxylic acid groups (broad SMARTS) is 1. The number of aliphatic carboxylic acids is 1. The summed E-state index contributed by atoms with van der Waals surface area (Å²) in [5.41, 5.74) is 0. The highest BCUT2D eigenvalue weighted by Crippen LogP contribution is 2.06. The second-order valence-electron chi connectivity index (χ2n) is 4.40. The van der Waals surface area contributed by atoms with Gasteiger partial charge in [0.25, 0.3) is 0 Å². The van der Waals surface area contributed by atoms with E-state index in [9.17, 15) is 9.59 Å². The van der Waals surface area contributed by atoms with E-state index < -0.39 is 5.97 Å². The molecule has 0 bridgehead atoms. The SMILES string of the molecule is CCC(C)CN(C)C(=O)N(CC)CCC(=O)O. The molecule has 5 nitrogen and oxygen atoms in total. The predicted molar refractivity (Wildman–Crippen MR) is 67.0 cm³/mol. The van der Waals surface area contributed by atoms with Crippen molar-refractivity contribution in [3.63, 3.8) is 0 Å². The number of rotatable bonds is 7. The third-order valence-electron chi connectivity index (χ3n) is 2.86. The summed E-state index contributed by atoms with van der Waals surface area (Å²) in [6.45, 7) is 7.56. The third-order valence-corrected chi connectivity index (χ3v) is 2.86. The first-order chi connectivity index (χ1) is 7.92. The highest BCUT2D eigenvalue weighted by atomic mass is 16.4. The minimum atomic E-state index is -0.874. The van der Waals surface area contributed by atoms with Crippen molar-refractivity contribution >= 4 is 12.0 Å². The van der Waals surface area contributed by atoms with Crippen LogP contribution in [0, 0.1) is 5.92 Å². The van der Waals surface area contributed by atoms with Gasteiger partial charge in [-0.15, -0.1) is 0 Å². The lowest BCUT2D eigenvalue weighted by atomic mass is 10.1. The van der Waals surface area contributed by atoms with Crippen molar-refractivity contribution in [1.82, 2.24) is 9.80 Å². The first kappa shape index (κ1) is 15.7. The van der Waals surface area contributed by atoms with Gasteiger partial charge in [0.2, 0.25) is 0 Å². The number of carbonyl (C=O) groups excluding carboxylic acids is 1. The molecule has 0 saturated carbocycles. The number of carboxylic acids is 1. The van der Waals surface area contributed by atoms with Crippen LogP contribution in [0.2, 0.25) is 0 Å². The summed E-state index contributed by atoms with van der Waals surface area (Å²) in [6, 6.07) is -0.0888. The highest BCUT2D eigenvalue weighted by Gasteiger charge is 2.18. The fourth-order valence-electron chi connectivity index (χ4n) is 1.54. The Kier molecular flexibility index (Phi) is 7.34. The Morgan fingerprint density at radius 2 is 1.88 bits per heavy atom. The number of nitrogens with zero attached hydrogens (tertiary/aromatic N) is 2. The molecule has 0 aromatic carbocycles. The predicted octanol–water partition coefficient (Wildman–Crippen LogP) is 1.88. The lowest BCUT2D eigenvalue weighted by Gasteiger charge is -2.28. The van der Waals surface area contributed by atoms with Gasteiger partial charge >= 0.3 is 12.0 Å². The van der Waals surface area contributed by atoms with Crippen molar-refractivity contribution in [3.8, 4) is 0 Å². The van der Waals surface area contributed by atoms with E-state index in [1.165, 1.54) is 0 Å². The van der Waals surface area contributed by atoms with Crippen molar-refractivity contribution in [1.29, 1.82) is 0 Å². The molecule has 0 saturated heterocycles. The molecule has 0 spiro atoms. The molecule has 0 aromatic rings. The Morgan fingerprint density at radius 1 is 1.29 bits per heavy atom. The van der Waals surface area contributed by atoms with Gasteiger partial charge in [-0.05, 0) is 12.8 Å². The van der Waals surface area contributed by atoms with Crippen molar-refractivity contribution in [2.45, 2.75) is 33.6 Å². The van der Waals surface area contributed by atoms with Crippen LogP contribution in [0.1, 0.15) is 33.6 Å². The summed E-state index contributed by atoms with van der Waals surface area (Å²) < 4.78 is 0. The molecule has 0 aliphatic carbocycles. The van der Waals surface area contributed by atoms with Crippen LogP contribution in [-0.2, 0) is 4.79 Å². The second-order valence-corrected chi connectivity index (χ2v) is 4.40. The Morgan fingerprint density at radius 3 is 2.29 bits per heavy atom. The van der Waals surface area contributed by atoms with E-state index in [1.54, 1.807) is 16.8 Å². The van der Waals surface area contributed by atoms with Crippen LogP contribution in [-0.4, -0.2) is 53.6 Å². The Hall–Kier alpha value is -1.26. The third kappa shape index (κ3) is 6.14. The van der Waals surface area contributed by atoms with E-state index in [1.807, 2.05) is 6.92 Å².